The van der Waals surface area contributed by atoms with Crippen molar-refractivity contribution in [3.8, 4) is 5.75 Å². The maximum atomic E-state index is 12.5. The summed E-state index contributed by atoms with van der Waals surface area (Å²) in [5.41, 5.74) is 0.662. The molecule has 0 saturated carbocycles. The maximum absolute atomic E-state index is 12.5. The van der Waals surface area contributed by atoms with Crippen LogP contribution in [0.2, 0.25) is 0 Å². The van der Waals surface area contributed by atoms with Gasteiger partial charge in [-0.05, 0) is 45.7 Å². The van der Waals surface area contributed by atoms with Crippen LogP contribution in [0.5, 0.6) is 5.75 Å². The lowest BCUT2D eigenvalue weighted by Gasteiger charge is -2.42. The van der Waals surface area contributed by atoms with Crippen molar-refractivity contribution in [2.75, 3.05) is 31.9 Å². The van der Waals surface area contributed by atoms with E-state index in [1.807, 2.05) is 43.9 Å². The molecule has 2 fully saturated rings. The minimum Gasteiger partial charge on any atom is -0.467 e. The summed E-state index contributed by atoms with van der Waals surface area (Å²) < 4.78 is 16.1. The summed E-state index contributed by atoms with van der Waals surface area (Å²) in [6.07, 6.45) is 1.87. The molecule has 0 N–H and O–H groups in total. The minimum atomic E-state index is -0.458. The number of rotatable bonds is 4. The molecule has 2 aliphatic rings. The Hall–Kier alpha value is -1.95. The van der Waals surface area contributed by atoms with Crippen molar-refractivity contribution in [3.05, 3.63) is 24.3 Å². The maximum Gasteiger partial charge on any atom is 0.410 e. The molecule has 2 atom stereocenters. The van der Waals surface area contributed by atoms with Gasteiger partial charge < -0.3 is 19.1 Å². The van der Waals surface area contributed by atoms with Crippen LogP contribution in [-0.2, 0) is 9.47 Å². The predicted octanol–water partition coefficient (Wildman–Crippen LogP) is 3.26. The molecule has 2 heterocycles. The summed E-state index contributed by atoms with van der Waals surface area (Å²) >= 11 is 0. The molecule has 0 radical (unpaired) electrons. The number of ether oxygens (including phenoxy) is 3. The second kappa shape index (κ2) is 7.12. The molecule has 0 spiro atoms. The van der Waals surface area contributed by atoms with Crippen molar-refractivity contribution in [3.63, 3.8) is 0 Å². The van der Waals surface area contributed by atoms with Gasteiger partial charge >= 0.3 is 6.09 Å². The normalized spacial score (nSPS) is 22.9. The molecule has 2 aliphatic heterocycles. The van der Waals surface area contributed by atoms with Gasteiger partial charge in [0, 0.05) is 32.0 Å². The molecule has 25 heavy (non-hydrogen) atoms. The average molecular weight is 348 g/mol. The Bertz CT molecular complexity index is 600. The first-order valence-corrected chi connectivity index (χ1v) is 8.85. The second-order valence-electron chi connectivity index (χ2n) is 7.73. The number of anilines is 1. The number of nitrogens with zero attached hydrogens (tertiary/aromatic N) is 2. The van der Waals surface area contributed by atoms with Crippen LogP contribution < -0.4 is 9.64 Å². The van der Waals surface area contributed by atoms with Gasteiger partial charge in [0.25, 0.3) is 0 Å². The summed E-state index contributed by atoms with van der Waals surface area (Å²) in [5.74, 6) is 0.793. The van der Waals surface area contributed by atoms with Gasteiger partial charge in [-0.1, -0.05) is 6.07 Å². The number of carbonyl (C=O) groups is 1. The number of hydrogen-bond donors (Lipinski definition) is 0. The highest BCUT2D eigenvalue weighted by Gasteiger charge is 2.44. The van der Waals surface area contributed by atoms with Gasteiger partial charge in [-0.3, -0.25) is 4.90 Å². The Kier molecular flexibility index (Phi) is 5.08. The van der Waals surface area contributed by atoms with E-state index in [4.69, 9.17) is 14.2 Å². The van der Waals surface area contributed by atoms with Gasteiger partial charge in [0.15, 0.2) is 6.79 Å². The first kappa shape index (κ1) is 17.9. The average Bonchev–Trinajstić information content (AvgIpc) is 2.82. The van der Waals surface area contributed by atoms with Crippen molar-refractivity contribution < 1.29 is 19.0 Å². The van der Waals surface area contributed by atoms with Crippen molar-refractivity contribution in [2.24, 2.45) is 0 Å². The monoisotopic (exact) mass is 348 g/mol. The number of piperazine rings is 1. The van der Waals surface area contributed by atoms with E-state index in [0.717, 1.165) is 37.4 Å². The zero-order chi connectivity index (χ0) is 18.0. The lowest BCUT2D eigenvalue weighted by Crippen LogP contribution is -2.56. The molecule has 0 aliphatic carbocycles. The Balaban J connectivity index is 1.68. The molecular formula is C19H28N2O4. The van der Waals surface area contributed by atoms with Crippen LogP contribution in [0.1, 0.15) is 33.6 Å². The smallest absolute Gasteiger partial charge is 0.410 e. The van der Waals surface area contributed by atoms with Gasteiger partial charge in [-0.2, -0.15) is 0 Å². The van der Waals surface area contributed by atoms with E-state index < -0.39 is 5.60 Å². The van der Waals surface area contributed by atoms with Gasteiger partial charge in [-0.25, -0.2) is 4.79 Å². The molecule has 1 amide bonds. The van der Waals surface area contributed by atoms with Crippen LogP contribution in [-0.4, -0.2) is 55.7 Å². The summed E-state index contributed by atoms with van der Waals surface area (Å²) in [5, 5.41) is 0. The standard InChI is InChI=1S/C19H28N2O4/c1-19(2,3)25-18(22)21-15-8-9-16(21)12-20(11-15)14-6-5-7-17(10-14)24-13-23-4/h5-7,10,15-16H,8-9,11-13H2,1-4H3. The summed E-state index contributed by atoms with van der Waals surface area (Å²) in [4.78, 5) is 16.8. The zero-order valence-electron chi connectivity index (χ0n) is 15.5. The third-order valence-corrected chi connectivity index (χ3v) is 4.61. The molecule has 2 bridgehead atoms. The third kappa shape index (κ3) is 4.18. The largest absolute Gasteiger partial charge is 0.467 e. The molecule has 2 saturated heterocycles. The van der Waals surface area contributed by atoms with E-state index in [1.165, 1.54) is 0 Å². The van der Waals surface area contributed by atoms with Crippen LogP contribution >= 0.6 is 0 Å². The number of amides is 1. The number of fused-ring (bicyclic) bond motifs is 2. The number of hydrogen-bond acceptors (Lipinski definition) is 5. The Labute approximate surface area is 149 Å². The Morgan fingerprint density at radius 1 is 1.20 bits per heavy atom. The first-order valence-electron chi connectivity index (χ1n) is 8.85. The van der Waals surface area contributed by atoms with Gasteiger partial charge in [0.2, 0.25) is 0 Å². The van der Waals surface area contributed by atoms with E-state index >= 15 is 0 Å². The second-order valence-corrected chi connectivity index (χ2v) is 7.73. The topological polar surface area (TPSA) is 51.2 Å². The SMILES string of the molecule is COCOc1cccc(N2CC3CCC(C2)N3C(=O)OC(C)(C)C)c1. The fourth-order valence-corrected chi connectivity index (χ4v) is 3.62. The van der Waals surface area contributed by atoms with Crippen LogP contribution in [0, 0.1) is 0 Å². The molecular weight excluding hydrogens is 320 g/mol. The van der Waals surface area contributed by atoms with E-state index in [0.29, 0.717) is 0 Å². The predicted molar refractivity (Wildman–Crippen MR) is 96.0 cm³/mol. The van der Waals surface area contributed by atoms with Gasteiger partial charge in [-0.15, -0.1) is 0 Å². The van der Waals surface area contributed by atoms with Crippen molar-refractivity contribution in [1.82, 2.24) is 4.90 Å². The van der Waals surface area contributed by atoms with E-state index in [9.17, 15) is 4.79 Å². The van der Waals surface area contributed by atoms with E-state index in [1.54, 1.807) is 7.11 Å². The fourth-order valence-electron chi connectivity index (χ4n) is 3.62. The number of methoxy groups -OCH3 is 1. The Morgan fingerprint density at radius 3 is 2.48 bits per heavy atom. The quantitative estimate of drug-likeness (QED) is 0.782. The van der Waals surface area contributed by atoms with Crippen LogP contribution in [0.15, 0.2) is 24.3 Å². The molecule has 0 aromatic heterocycles. The highest BCUT2D eigenvalue weighted by Crippen LogP contribution is 2.34. The van der Waals surface area contributed by atoms with Crippen molar-refractivity contribution in [2.45, 2.75) is 51.3 Å². The summed E-state index contributed by atoms with van der Waals surface area (Å²) in [6, 6.07) is 8.44. The fraction of sp³-hybridized carbons (Fsp3) is 0.632. The first-order chi connectivity index (χ1) is 11.9. The van der Waals surface area contributed by atoms with E-state index in [-0.39, 0.29) is 25.0 Å². The molecule has 1 aromatic carbocycles. The molecule has 6 heteroatoms. The zero-order valence-corrected chi connectivity index (χ0v) is 15.5. The summed E-state index contributed by atoms with van der Waals surface area (Å²) in [6.45, 7) is 7.62. The molecule has 3 rings (SSSR count). The van der Waals surface area contributed by atoms with E-state index in [2.05, 4.69) is 11.0 Å². The third-order valence-electron chi connectivity index (χ3n) is 4.61. The molecule has 2 unspecified atom stereocenters. The van der Waals surface area contributed by atoms with Crippen LogP contribution in [0.4, 0.5) is 10.5 Å². The molecule has 1 aromatic rings. The summed E-state index contributed by atoms with van der Waals surface area (Å²) in [7, 11) is 1.61. The lowest BCUT2D eigenvalue weighted by molar-refractivity contribution is 0.0123. The van der Waals surface area contributed by atoms with Gasteiger partial charge in [0.05, 0.1) is 12.1 Å². The number of benzene rings is 1. The van der Waals surface area contributed by atoms with Crippen LogP contribution in [0.25, 0.3) is 0 Å². The Morgan fingerprint density at radius 2 is 1.88 bits per heavy atom. The van der Waals surface area contributed by atoms with Crippen molar-refractivity contribution in [1.29, 1.82) is 0 Å². The number of carbonyl (C=O) groups excluding carboxylic acids is 1. The molecule has 6 nitrogen and oxygen atoms in total. The minimum absolute atomic E-state index is 0.183. The lowest BCUT2D eigenvalue weighted by atomic mass is 10.1. The van der Waals surface area contributed by atoms with Crippen LogP contribution in [0.3, 0.4) is 0 Å². The highest BCUT2D eigenvalue weighted by atomic mass is 16.7. The highest BCUT2D eigenvalue weighted by molar-refractivity contribution is 5.70. The van der Waals surface area contributed by atoms with Gasteiger partial charge in [0.1, 0.15) is 11.4 Å². The molecule has 138 valence electrons. The van der Waals surface area contributed by atoms with Crippen molar-refractivity contribution >= 4 is 11.8 Å².